The molecule has 4 nitrogen and oxygen atoms in total. The van der Waals surface area contributed by atoms with Crippen LogP contribution in [0.5, 0.6) is 0 Å². The number of rotatable bonds is 4. The Morgan fingerprint density at radius 2 is 2.25 bits per heavy atom. The standard InChI is InChI=1S/C15H21N3OS/c1-11-13(10-18(2)12-5-7-16-8-6-12)17-15(19-11)14-4-3-9-20-14/h3-4,9,12,16H,5-8,10H2,1-2H3. The first-order valence-corrected chi connectivity index (χ1v) is 8.03. The van der Waals surface area contributed by atoms with Crippen LogP contribution in [-0.2, 0) is 6.54 Å². The lowest BCUT2D eigenvalue weighted by Gasteiger charge is -2.31. The number of aryl methyl sites for hydroxylation is 1. The predicted molar refractivity (Wildman–Crippen MR) is 81.9 cm³/mol. The van der Waals surface area contributed by atoms with E-state index in [-0.39, 0.29) is 0 Å². The van der Waals surface area contributed by atoms with Crippen molar-refractivity contribution in [1.82, 2.24) is 15.2 Å². The molecule has 0 aliphatic carbocycles. The summed E-state index contributed by atoms with van der Waals surface area (Å²) in [6, 6.07) is 4.73. The summed E-state index contributed by atoms with van der Waals surface area (Å²) in [5, 5.41) is 5.46. The van der Waals surface area contributed by atoms with Crippen LogP contribution in [0.4, 0.5) is 0 Å². The highest BCUT2D eigenvalue weighted by atomic mass is 32.1. The topological polar surface area (TPSA) is 41.3 Å². The van der Waals surface area contributed by atoms with Gasteiger partial charge >= 0.3 is 0 Å². The van der Waals surface area contributed by atoms with Crippen LogP contribution < -0.4 is 5.32 Å². The summed E-state index contributed by atoms with van der Waals surface area (Å²) < 4.78 is 5.81. The second-order valence-corrected chi connectivity index (χ2v) is 6.34. The highest BCUT2D eigenvalue weighted by Gasteiger charge is 2.20. The molecule has 0 spiro atoms. The molecule has 0 saturated carbocycles. The zero-order valence-corrected chi connectivity index (χ0v) is 12.9. The minimum atomic E-state index is 0.650. The number of hydrogen-bond donors (Lipinski definition) is 1. The number of piperidine rings is 1. The SMILES string of the molecule is Cc1oc(-c2cccs2)nc1CN(C)C1CCNCC1. The van der Waals surface area contributed by atoms with Crippen molar-refractivity contribution in [2.24, 2.45) is 0 Å². The lowest BCUT2D eigenvalue weighted by Crippen LogP contribution is -2.40. The van der Waals surface area contributed by atoms with Crippen molar-refractivity contribution in [1.29, 1.82) is 0 Å². The smallest absolute Gasteiger partial charge is 0.236 e. The van der Waals surface area contributed by atoms with E-state index in [2.05, 4.69) is 33.7 Å². The van der Waals surface area contributed by atoms with Crippen molar-refractivity contribution in [3.05, 3.63) is 29.0 Å². The highest BCUT2D eigenvalue weighted by molar-refractivity contribution is 7.13. The molecular weight excluding hydrogens is 270 g/mol. The minimum Gasteiger partial charge on any atom is -0.440 e. The van der Waals surface area contributed by atoms with E-state index in [9.17, 15) is 0 Å². The molecule has 20 heavy (non-hydrogen) atoms. The molecule has 2 aromatic heterocycles. The fourth-order valence-corrected chi connectivity index (χ4v) is 3.34. The third-order valence-corrected chi connectivity index (χ3v) is 4.81. The van der Waals surface area contributed by atoms with Crippen molar-refractivity contribution >= 4 is 11.3 Å². The van der Waals surface area contributed by atoms with Crippen LogP contribution in [0.25, 0.3) is 10.8 Å². The molecule has 0 unspecified atom stereocenters. The van der Waals surface area contributed by atoms with Gasteiger partial charge in [0.1, 0.15) is 5.76 Å². The molecule has 1 N–H and O–H groups in total. The van der Waals surface area contributed by atoms with E-state index in [0.29, 0.717) is 6.04 Å². The largest absolute Gasteiger partial charge is 0.440 e. The molecule has 0 amide bonds. The van der Waals surface area contributed by atoms with Gasteiger partial charge in [-0.2, -0.15) is 0 Å². The Balaban J connectivity index is 1.70. The summed E-state index contributed by atoms with van der Waals surface area (Å²) in [6.07, 6.45) is 2.43. The van der Waals surface area contributed by atoms with E-state index in [0.717, 1.165) is 41.9 Å². The lowest BCUT2D eigenvalue weighted by molar-refractivity contribution is 0.189. The Labute approximate surface area is 123 Å². The van der Waals surface area contributed by atoms with Crippen LogP contribution in [-0.4, -0.2) is 36.1 Å². The van der Waals surface area contributed by atoms with Crippen molar-refractivity contribution in [2.75, 3.05) is 20.1 Å². The average Bonchev–Trinajstić information content (AvgIpc) is 3.10. The van der Waals surface area contributed by atoms with Gasteiger partial charge in [-0.1, -0.05) is 6.07 Å². The molecule has 5 heteroatoms. The van der Waals surface area contributed by atoms with Crippen LogP contribution in [0.3, 0.4) is 0 Å². The highest BCUT2D eigenvalue weighted by Crippen LogP contribution is 2.26. The van der Waals surface area contributed by atoms with E-state index in [1.807, 2.05) is 13.0 Å². The Bertz CT molecular complexity index is 543. The van der Waals surface area contributed by atoms with Gasteiger partial charge in [0.2, 0.25) is 5.89 Å². The van der Waals surface area contributed by atoms with E-state index in [1.54, 1.807) is 11.3 Å². The second kappa shape index (κ2) is 6.08. The number of hydrogen-bond acceptors (Lipinski definition) is 5. The van der Waals surface area contributed by atoms with Gasteiger partial charge in [-0.15, -0.1) is 11.3 Å². The number of aromatic nitrogens is 1. The molecular formula is C15H21N3OS. The van der Waals surface area contributed by atoms with Gasteiger partial charge in [0.25, 0.3) is 0 Å². The van der Waals surface area contributed by atoms with E-state index < -0.39 is 0 Å². The van der Waals surface area contributed by atoms with Gasteiger partial charge < -0.3 is 9.73 Å². The first-order chi connectivity index (χ1) is 9.74. The van der Waals surface area contributed by atoms with Crippen molar-refractivity contribution in [3.8, 4) is 10.8 Å². The number of nitrogens with zero attached hydrogens (tertiary/aromatic N) is 2. The number of thiophene rings is 1. The normalized spacial score (nSPS) is 16.9. The van der Waals surface area contributed by atoms with Crippen LogP contribution in [0, 0.1) is 6.92 Å². The van der Waals surface area contributed by atoms with Gasteiger partial charge in [0.05, 0.1) is 10.6 Å². The van der Waals surface area contributed by atoms with E-state index >= 15 is 0 Å². The van der Waals surface area contributed by atoms with Crippen molar-refractivity contribution in [2.45, 2.75) is 32.4 Å². The molecule has 108 valence electrons. The number of nitrogens with one attached hydrogen (secondary N) is 1. The summed E-state index contributed by atoms with van der Waals surface area (Å²) in [5.74, 6) is 1.69. The van der Waals surface area contributed by atoms with E-state index in [1.165, 1.54) is 12.8 Å². The Hall–Kier alpha value is -1.17. The summed E-state index contributed by atoms with van der Waals surface area (Å²) in [4.78, 5) is 8.18. The summed E-state index contributed by atoms with van der Waals surface area (Å²) in [6.45, 7) is 5.11. The van der Waals surface area contributed by atoms with Crippen LogP contribution >= 0.6 is 11.3 Å². The molecule has 1 saturated heterocycles. The Morgan fingerprint density at radius 3 is 2.95 bits per heavy atom. The molecule has 0 bridgehead atoms. The molecule has 0 aromatic carbocycles. The summed E-state index contributed by atoms with van der Waals surface area (Å²) in [7, 11) is 2.19. The fraction of sp³-hybridized carbons (Fsp3) is 0.533. The van der Waals surface area contributed by atoms with Gasteiger partial charge in [0.15, 0.2) is 0 Å². The van der Waals surface area contributed by atoms with Gasteiger partial charge in [0, 0.05) is 12.6 Å². The quantitative estimate of drug-likeness (QED) is 0.940. The Morgan fingerprint density at radius 1 is 1.45 bits per heavy atom. The van der Waals surface area contributed by atoms with Gasteiger partial charge in [-0.25, -0.2) is 4.98 Å². The maximum Gasteiger partial charge on any atom is 0.236 e. The zero-order chi connectivity index (χ0) is 13.9. The van der Waals surface area contributed by atoms with Crippen molar-refractivity contribution in [3.63, 3.8) is 0 Å². The average molecular weight is 291 g/mol. The van der Waals surface area contributed by atoms with Crippen molar-refractivity contribution < 1.29 is 4.42 Å². The summed E-state index contributed by atoms with van der Waals surface area (Å²) >= 11 is 1.67. The first kappa shape index (κ1) is 13.8. The van der Waals surface area contributed by atoms with Crippen LogP contribution in [0.2, 0.25) is 0 Å². The third kappa shape index (κ3) is 2.95. The molecule has 1 aliphatic rings. The molecule has 3 rings (SSSR count). The molecule has 3 heterocycles. The molecule has 0 atom stereocenters. The van der Waals surface area contributed by atoms with Crippen LogP contribution in [0.1, 0.15) is 24.3 Å². The monoisotopic (exact) mass is 291 g/mol. The molecule has 0 radical (unpaired) electrons. The van der Waals surface area contributed by atoms with Gasteiger partial charge in [-0.05, 0) is 51.3 Å². The molecule has 2 aromatic rings. The predicted octanol–water partition coefficient (Wildman–Crippen LogP) is 2.90. The number of oxazole rings is 1. The van der Waals surface area contributed by atoms with E-state index in [4.69, 9.17) is 4.42 Å². The Kier molecular flexibility index (Phi) is 4.19. The maximum atomic E-state index is 5.81. The van der Waals surface area contributed by atoms with Gasteiger partial charge in [-0.3, -0.25) is 4.90 Å². The summed E-state index contributed by atoms with van der Waals surface area (Å²) in [5.41, 5.74) is 1.06. The third-order valence-electron chi connectivity index (χ3n) is 3.96. The minimum absolute atomic E-state index is 0.650. The molecule has 1 fully saturated rings. The zero-order valence-electron chi connectivity index (χ0n) is 12.1. The molecule has 1 aliphatic heterocycles. The lowest BCUT2D eigenvalue weighted by atomic mass is 10.1. The fourth-order valence-electron chi connectivity index (χ4n) is 2.69. The second-order valence-electron chi connectivity index (χ2n) is 5.40. The maximum absolute atomic E-state index is 5.81. The first-order valence-electron chi connectivity index (χ1n) is 7.15. The van der Waals surface area contributed by atoms with Crippen LogP contribution in [0.15, 0.2) is 21.9 Å².